The van der Waals surface area contributed by atoms with Gasteiger partial charge >= 0.3 is 0 Å². The molecule has 60 heavy (non-hydrogen) atoms. The fourth-order valence-corrected chi connectivity index (χ4v) is 8.66. The van der Waals surface area contributed by atoms with Crippen molar-refractivity contribution >= 4 is 11.0 Å². The van der Waals surface area contributed by atoms with Gasteiger partial charge in [-0.05, 0) is 117 Å². The van der Waals surface area contributed by atoms with Crippen molar-refractivity contribution in [1.29, 1.82) is 0 Å². The van der Waals surface area contributed by atoms with E-state index in [4.69, 9.17) is 12.7 Å². The van der Waals surface area contributed by atoms with Crippen LogP contribution in [0.3, 0.4) is 0 Å². The predicted molar refractivity (Wildman–Crippen MR) is 251 cm³/mol. The number of aromatic nitrogens is 3. The standard InChI is InChI=1S/C56H55N3O/c1-55(2,3)44-27-28-50(48(36-44)40-17-8-7-9-18-40)59-51-21-14-20-46(53(51)58-54(59)47-19-12-13-22-52(47)60)42-32-43(34-45(33-42)56(4,5)6)49-35-41(29-30-57-49)39-25-23-38(24-26-39)31-37-15-10-11-16-37/h7-9,12-14,17-30,32-37,60H,10-11,15-16,31H2,1-6H3/i31D2. The summed E-state index contributed by atoms with van der Waals surface area (Å²) in [6.07, 6.45) is 4.67. The van der Waals surface area contributed by atoms with Crippen LogP contribution in [0.5, 0.6) is 5.75 Å². The number of hydrogen-bond acceptors (Lipinski definition) is 3. The van der Waals surface area contributed by atoms with Crippen molar-refractivity contribution in [3.8, 4) is 67.5 Å². The lowest BCUT2D eigenvalue weighted by Gasteiger charge is -2.23. The Morgan fingerprint density at radius 3 is 2.03 bits per heavy atom. The quantitative estimate of drug-likeness (QED) is 0.167. The van der Waals surface area contributed by atoms with Gasteiger partial charge in [0.15, 0.2) is 0 Å². The molecular formula is C56H55N3O. The van der Waals surface area contributed by atoms with Gasteiger partial charge in [0, 0.05) is 25.6 Å². The highest BCUT2D eigenvalue weighted by atomic mass is 16.3. The van der Waals surface area contributed by atoms with Gasteiger partial charge < -0.3 is 5.11 Å². The molecule has 0 bridgehead atoms. The topological polar surface area (TPSA) is 50.9 Å². The molecule has 0 saturated heterocycles. The zero-order valence-corrected chi connectivity index (χ0v) is 35.6. The van der Waals surface area contributed by atoms with Gasteiger partial charge in [0.05, 0.1) is 28.0 Å². The number of imidazole rings is 1. The monoisotopic (exact) mass is 787 g/mol. The van der Waals surface area contributed by atoms with Gasteiger partial charge in [0.25, 0.3) is 0 Å². The largest absolute Gasteiger partial charge is 0.507 e. The molecule has 0 atom stereocenters. The van der Waals surface area contributed by atoms with Crippen LogP contribution in [0.15, 0.2) is 152 Å². The number of aromatic hydroxyl groups is 1. The molecule has 0 unspecified atom stereocenters. The third-order valence-electron chi connectivity index (χ3n) is 12.1. The van der Waals surface area contributed by atoms with Crippen LogP contribution in [0.1, 0.15) is 86.7 Å². The van der Waals surface area contributed by atoms with Gasteiger partial charge in [-0.1, -0.05) is 158 Å². The van der Waals surface area contributed by atoms with Crippen LogP contribution in [0.4, 0.5) is 0 Å². The summed E-state index contributed by atoms with van der Waals surface area (Å²) in [6, 6.07) is 50.1. The van der Waals surface area contributed by atoms with Crippen LogP contribution in [0, 0.1) is 5.92 Å². The Morgan fingerprint density at radius 1 is 0.600 bits per heavy atom. The second kappa shape index (κ2) is 15.7. The van der Waals surface area contributed by atoms with Crippen LogP contribution in [0.2, 0.25) is 0 Å². The minimum absolute atomic E-state index is 0.0619. The van der Waals surface area contributed by atoms with Gasteiger partial charge in [0.2, 0.25) is 0 Å². The minimum Gasteiger partial charge on any atom is -0.507 e. The number of pyridine rings is 1. The first-order chi connectivity index (χ1) is 29.7. The molecule has 0 amide bonds. The van der Waals surface area contributed by atoms with Crippen molar-refractivity contribution in [3.63, 3.8) is 0 Å². The normalized spacial score (nSPS) is 14.4. The Labute approximate surface area is 358 Å². The van der Waals surface area contributed by atoms with Crippen LogP contribution in [-0.2, 0) is 17.2 Å². The second-order valence-electron chi connectivity index (χ2n) is 18.5. The first-order valence-electron chi connectivity index (χ1n) is 22.4. The van der Waals surface area contributed by atoms with Crippen molar-refractivity contribution in [2.75, 3.05) is 0 Å². The molecule has 1 aliphatic carbocycles. The Morgan fingerprint density at radius 2 is 1.30 bits per heavy atom. The molecular weight excluding hydrogens is 731 g/mol. The molecule has 8 aromatic rings. The van der Waals surface area contributed by atoms with Crippen LogP contribution in [-0.4, -0.2) is 19.6 Å². The summed E-state index contributed by atoms with van der Waals surface area (Å²) in [4.78, 5) is 10.4. The molecule has 2 heterocycles. The van der Waals surface area contributed by atoms with Gasteiger partial charge in [0.1, 0.15) is 11.6 Å². The van der Waals surface area contributed by atoms with E-state index >= 15 is 0 Å². The summed E-state index contributed by atoms with van der Waals surface area (Å²) in [5.41, 5.74) is 14.5. The van der Waals surface area contributed by atoms with Crippen molar-refractivity contribution < 1.29 is 7.85 Å². The van der Waals surface area contributed by atoms with Gasteiger partial charge in [-0.3, -0.25) is 9.55 Å². The Hall–Kier alpha value is -6.26. The molecule has 1 aliphatic rings. The molecule has 0 radical (unpaired) electrons. The van der Waals surface area contributed by atoms with Crippen LogP contribution >= 0.6 is 0 Å². The minimum atomic E-state index is -1.33. The highest BCUT2D eigenvalue weighted by molar-refractivity contribution is 5.97. The first kappa shape index (κ1) is 36.8. The smallest absolute Gasteiger partial charge is 0.149 e. The van der Waals surface area contributed by atoms with E-state index in [9.17, 15) is 5.11 Å². The Kier molecular flexibility index (Phi) is 9.65. The van der Waals surface area contributed by atoms with Crippen molar-refractivity contribution in [2.24, 2.45) is 5.92 Å². The average Bonchev–Trinajstić information content (AvgIpc) is 3.96. The van der Waals surface area contributed by atoms with E-state index in [2.05, 4.69) is 143 Å². The van der Waals surface area contributed by atoms with Crippen molar-refractivity contribution in [1.82, 2.24) is 14.5 Å². The van der Waals surface area contributed by atoms with Gasteiger partial charge in [-0.2, -0.15) is 0 Å². The number of fused-ring (bicyclic) bond motifs is 1. The fraction of sp³-hybridized carbons (Fsp3) is 0.250. The summed E-state index contributed by atoms with van der Waals surface area (Å²) in [6.45, 7) is 13.4. The Bertz CT molecular complexity index is 2910. The number of para-hydroxylation sites is 2. The lowest BCUT2D eigenvalue weighted by Crippen LogP contribution is -2.12. The summed E-state index contributed by atoms with van der Waals surface area (Å²) in [5.74, 6) is 0.909. The molecule has 1 saturated carbocycles. The number of phenols is 1. The van der Waals surface area contributed by atoms with E-state index in [0.29, 0.717) is 11.4 Å². The van der Waals surface area contributed by atoms with Crippen molar-refractivity contribution in [2.45, 2.75) is 84.4 Å². The molecule has 1 fully saturated rings. The number of benzene rings is 6. The van der Waals surface area contributed by atoms with E-state index in [1.807, 2.05) is 48.7 Å². The first-order valence-corrected chi connectivity index (χ1v) is 21.4. The average molecular weight is 788 g/mol. The third-order valence-corrected chi connectivity index (χ3v) is 12.1. The molecule has 4 nitrogen and oxygen atoms in total. The van der Waals surface area contributed by atoms with Crippen LogP contribution in [0.25, 0.3) is 72.7 Å². The molecule has 9 rings (SSSR count). The molecule has 1 N–H and O–H groups in total. The highest BCUT2D eigenvalue weighted by Gasteiger charge is 2.25. The lowest BCUT2D eigenvalue weighted by molar-refractivity contribution is 0.477. The number of hydrogen-bond donors (Lipinski definition) is 1. The second-order valence-corrected chi connectivity index (χ2v) is 18.5. The molecule has 6 aromatic carbocycles. The van der Waals surface area contributed by atoms with Gasteiger partial charge in [-0.15, -0.1) is 0 Å². The van der Waals surface area contributed by atoms with E-state index in [1.54, 1.807) is 6.07 Å². The molecule has 0 aliphatic heterocycles. The number of phenolic OH excluding ortho intramolecular Hbond substituents is 1. The van der Waals surface area contributed by atoms with E-state index < -0.39 is 6.37 Å². The fourth-order valence-electron chi connectivity index (χ4n) is 8.66. The maximum Gasteiger partial charge on any atom is 0.149 e. The third kappa shape index (κ3) is 7.79. The zero-order valence-electron chi connectivity index (χ0n) is 37.6. The van der Waals surface area contributed by atoms with Crippen molar-refractivity contribution in [3.05, 3.63) is 168 Å². The molecule has 0 spiro atoms. The van der Waals surface area contributed by atoms with E-state index in [-0.39, 0.29) is 22.5 Å². The van der Waals surface area contributed by atoms with E-state index in [1.165, 1.54) is 11.1 Å². The molecule has 300 valence electrons. The Balaban J connectivity index is 1.21. The summed E-state index contributed by atoms with van der Waals surface area (Å²) in [5, 5.41) is 11.4. The SMILES string of the molecule is [2H]C([2H])(c1ccc(-c2ccnc(-c3cc(-c4cccc5c4nc(-c4ccccc4O)n5-c4ccc(C(C)(C)C)cc4-c4ccccc4)cc(C(C)(C)C)c3)c2)cc1)C1CCCC1. The van der Waals surface area contributed by atoms with E-state index in [0.717, 1.165) is 92.6 Å². The molecule has 4 heteroatoms. The highest BCUT2D eigenvalue weighted by Crippen LogP contribution is 2.42. The number of nitrogens with zero attached hydrogens (tertiary/aromatic N) is 3. The zero-order chi connectivity index (χ0) is 43.4. The maximum atomic E-state index is 11.4. The summed E-state index contributed by atoms with van der Waals surface area (Å²) >= 11 is 0. The lowest BCUT2D eigenvalue weighted by atomic mass is 9.83. The van der Waals surface area contributed by atoms with Crippen LogP contribution < -0.4 is 0 Å². The predicted octanol–water partition coefficient (Wildman–Crippen LogP) is 14.8. The number of rotatable bonds is 8. The summed E-state index contributed by atoms with van der Waals surface area (Å²) in [7, 11) is 0. The summed E-state index contributed by atoms with van der Waals surface area (Å²) < 4.78 is 20.1. The molecule has 2 aromatic heterocycles. The van der Waals surface area contributed by atoms with Gasteiger partial charge in [-0.25, -0.2) is 4.98 Å². The maximum absolute atomic E-state index is 11.4.